The zero-order chi connectivity index (χ0) is 13.8. The molecule has 0 amide bonds. The Bertz CT molecular complexity index is 567. The molecule has 5 heteroatoms. The van der Waals surface area contributed by atoms with Gasteiger partial charge in [0.05, 0.1) is 12.3 Å². The molecule has 2 aromatic rings. The molecule has 0 saturated carbocycles. The molecule has 3 nitrogen and oxygen atoms in total. The Labute approximate surface area is 122 Å². The summed E-state index contributed by atoms with van der Waals surface area (Å²) >= 11 is 6.79. The van der Waals surface area contributed by atoms with Crippen molar-refractivity contribution in [3.8, 4) is 0 Å². The topological polar surface area (TPSA) is 51.2 Å². The van der Waals surface area contributed by atoms with Crippen molar-refractivity contribution < 1.29 is 4.42 Å². The minimum absolute atomic E-state index is 0.0557. The van der Waals surface area contributed by atoms with Crippen molar-refractivity contribution in [3.05, 3.63) is 47.9 Å². The maximum Gasteiger partial charge on any atom is 0.125 e. The fraction of sp³-hybridized carbons (Fsp3) is 0.214. The molecule has 1 aromatic carbocycles. The first-order valence-corrected chi connectivity index (χ1v) is 7.53. The number of furan rings is 1. The average molecular weight is 292 g/mol. The third kappa shape index (κ3) is 3.11. The average Bonchev–Trinajstić information content (AvgIpc) is 2.92. The second-order valence-corrected chi connectivity index (χ2v) is 5.42. The van der Waals surface area contributed by atoms with Crippen LogP contribution in [0.1, 0.15) is 24.3 Å². The molecule has 1 unspecified atom stereocenters. The molecular weight excluding hydrogens is 276 g/mol. The second kappa shape index (κ2) is 6.12. The van der Waals surface area contributed by atoms with Gasteiger partial charge in [-0.05, 0) is 37.4 Å². The van der Waals surface area contributed by atoms with Crippen molar-refractivity contribution in [1.82, 2.24) is 0 Å². The number of benzene rings is 1. The molecule has 2 rings (SSSR count). The highest BCUT2D eigenvalue weighted by Gasteiger charge is 2.14. The number of nitrogens with one attached hydrogen (secondary N) is 1. The van der Waals surface area contributed by atoms with Gasteiger partial charge in [-0.25, -0.2) is 0 Å². The lowest BCUT2D eigenvalue weighted by atomic mass is 10.1. The lowest BCUT2D eigenvalue weighted by molar-refractivity contribution is 0.490. The molecule has 0 saturated heterocycles. The number of thiocarbonyl (C=S) groups is 1. The van der Waals surface area contributed by atoms with E-state index in [0.717, 1.165) is 21.9 Å². The van der Waals surface area contributed by atoms with Crippen LogP contribution in [0.5, 0.6) is 0 Å². The Balaban J connectivity index is 2.32. The highest BCUT2D eigenvalue weighted by atomic mass is 32.2. The third-order valence-electron chi connectivity index (χ3n) is 2.83. The monoisotopic (exact) mass is 292 g/mol. The van der Waals surface area contributed by atoms with Crippen LogP contribution in [0.2, 0.25) is 0 Å². The van der Waals surface area contributed by atoms with Crippen LogP contribution < -0.4 is 11.1 Å². The van der Waals surface area contributed by atoms with E-state index < -0.39 is 0 Å². The minimum Gasteiger partial charge on any atom is -0.467 e. The van der Waals surface area contributed by atoms with Crippen LogP contribution in [0, 0.1) is 0 Å². The summed E-state index contributed by atoms with van der Waals surface area (Å²) in [4.78, 5) is 1.48. The first-order chi connectivity index (χ1) is 9.13. The van der Waals surface area contributed by atoms with Crippen LogP contribution in [0.25, 0.3) is 0 Å². The fourth-order valence-electron chi connectivity index (χ4n) is 1.92. The van der Waals surface area contributed by atoms with Crippen LogP contribution in [0.3, 0.4) is 0 Å². The minimum atomic E-state index is 0.0557. The van der Waals surface area contributed by atoms with E-state index in [4.69, 9.17) is 22.4 Å². The molecule has 1 atom stereocenters. The molecule has 3 N–H and O–H groups in total. The summed E-state index contributed by atoms with van der Waals surface area (Å²) in [5, 5.41) is 3.39. The Morgan fingerprint density at radius 1 is 1.37 bits per heavy atom. The molecule has 0 aliphatic rings. The predicted octanol–water partition coefficient (Wildman–Crippen LogP) is 3.81. The summed E-state index contributed by atoms with van der Waals surface area (Å²) in [7, 11) is 0. The highest BCUT2D eigenvalue weighted by molar-refractivity contribution is 7.98. The molecule has 0 bridgehead atoms. The van der Waals surface area contributed by atoms with E-state index in [0.29, 0.717) is 4.99 Å². The molecule has 1 aromatic heterocycles. The van der Waals surface area contributed by atoms with Crippen molar-refractivity contribution in [2.45, 2.75) is 17.9 Å². The largest absolute Gasteiger partial charge is 0.467 e. The number of nitrogens with two attached hydrogens (primary N) is 1. The van der Waals surface area contributed by atoms with E-state index in [1.165, 1.54) is 0 Å². The molecule has 19 heavy (non-hydrogen) atoms. The summed E-state index contributed by atoms with van der Waals surface area (Å²) < 4.78 is 5.39. The van der Waals surface area contributed by atoms with E-state index >= 15 is 0 Å². The quantitative estimate of drug-likeness (QED) is 0.648. The fourth-order valence-corrected chi connectivity index (χ4v) is 2.84. The van der Waals surface area contributed by atoms with E-state index in [2.05, 4.69) is 5.32 Å². The first-order valence-electron chi connectivity index (χ1n) is 5.90. The molecule has 0 aliphatic carbocycles. The summed E-state index contributed by atoms with van der Waals surface area (Å²) in [6, 6.07) is 9.86. The van der Waals surface area contributed by atoms with E-state index in [9.17, 15) is 0 Å². The summed E-state index contributed by atoms with van der Waals surface area (Å²) in [6.07, 6.45) is 3.68. The van der Waals surface area contributed by atoms with Crippen molar-refractivity contribution in [2.75, 3.05) is 11.6 Å². The number of hydrogen-bond acceptors (Lipinski definition) is 4. The van der Waals surface area contributed by atoms with Gasteiger partial charge in [0.1, 0.15) is 10.7 Å². The molecule has 0 spiro atoms. The SMILES string of the molecule is CSc1cccc(NC(C)c2ccco2)c1C(N)=S. The summed E-state index contributed by atoms with van der Waals surface area (Å²) in [6.45, 7) is 2.04. The predicted molar refractivity (Wildman–Crippen MR) is 84.9 cm³/mol. The van der Waals surface area contributed by atoms with Gasteiger partial charge in [-0.3, -0.25) is 0 Å². The number of hydrogen-bond donors (Lipinski definition) is 2. The lowest BCUT2D eigenvalue weighted by Gasteiger charge is -2.18. The van der Waals surface area contributed by atoms with E-state index in [1.807, 2.05) is 43.5 Å². The highest BCUT2D eigenvalue weighted by Crippen LogP contribution is 2.29. The lowest BCUT2D eigenvalue weighted by Crippen LogP contribution is -2.16. The number of thioether (sulfide) groups is 1. The molecule has 0 fully saturated rings. The zero-order valence-electron chi connectivity index (χ0n) is 10.8. The molecular formula is C14H16N2OS2. The Morgan fingerprint density at radius 2 is 2.16 bits per heavy atom. The van der Waals surface area contributed by atoms with Gasteiger partial charge in [0.2, 0.25) is 0 Å². The Morgan fingerprint density at radius 3 is 2.74 bits per heavy atom. The van der Waals surface area contributed by atoms with Crippen LogP contribution >= 0.6 is 24.0 Å². The normalized spacial score (nSPS) is 12.1. The van der Waals surface area contributed by atoms with Crippen LogP contribution in [-0.2, 0) is 0 Å². The summed E-state index contributed by atoms with van der Waals surface area (Å²) in [5.41, 5.74) is 7.67. The van der Waals surface area contributed by atoms with Gasteiger partial charge in [-0.1, -0.05) is 18.3 Å². The second-order valence-electron chi connectivity index (χ2n) is 4.13. The molecule has 100 valence electrons. The zero-order valence-corrected chi connectivity index (χ0v) is 12.5. The van der Waals surface area contributed by atoms with Crippen molar-refractivity contribution in [1.29, 1.82) is 0 Å². The van der Waals surface area contributed by atoms with Gasteiger partial charge < -0.3 is 15.5 Å². The van der Waals surface area contributed by atoms with Crippen molar-refractivity contribution in [2.24, 2.45) is 5.73 Å². The first kappa shape index (κ1) is 14.0. The number of rotatable bonds is 5. The molecule has 1 heterocycles. The van der Waals surface area contributed by atoms with Crippen LogP contribution in [0.15, 0.2) is 45.9 Å². The standard InChI is InChI=1S/C14H16N2OS2/c1-9(11-6-4-8-17-11)16-10-5-3-7-12(19-2)13(10)14(15)18/h3-9,16H,1-2H3,(H2,15,18). The summed E-state index contributed by atoms with van der Waals surface area (Å²) in [5.74, 6) is 0.878. The maximum absolute atomic E-state index is 5.84. The van der Waals surface area contributed by atoms with Gasteiger partial charge >= 0.3 is 0 Å². The van der Waals surface area contributed by atoms with E-state index in [1.54, 1.807) is 18.0 Å². The van der Waals surface area contributed by atoms with Crippen LogP contribution in [0.4, 0.5) is 5.69 Å². The Kier molecular flexibility index (Phi) is 4.50. The third-order valence-corrected chi connectivity index (χ3v) is 3.82. The van der Waals surface area contributed by atoms with Gasteiger partial charge in [0.15, 0.2) is 0 Å². The molecule has 0 radical (unpaired) electrons. The Hall–Kier alpha value is -1.46. The number of anilines is 1. The van der Waals surface area contributed by atoms with Crippen molar-refractivity contribution >= 4 is 34.7 Å². The smallest absolute Gasteiger partial charge is 0.125 e. The van der Waals surface area contributed by atoms with Gasteiger partial charge in [0, 0.05) is 16.1 Å². The molecule has 0 aliphatic heterocycles. The van der Waals surface area contributed by atoms with E-state index in [-0.39, 0.29) is 6.04 Å². The van der Waals surface area contributed by atoms with Crippen molar-refractivity contribution in [3.63, 3.8) is 0 Å². The maximum atomic E-state index is 5.84. The van der Waals surface area contributed by atoms with Gasteiger partial charge in [-0.15, -0.1) is 11.8 Å². The van der Waals surface area contributed by atoms with Gasteiger partial charge in [0.25, 0.3) is 0 Å². The van der Waals surface area contributed by atoms with Crippen LogP contribution in [-0.4, -0.2) is 11.2 Å². The van der Waals surface area contributed by atoms with Gasteiger partial charge in [-0.2, -0.15) is 0 Å².